The second-order valence-corrected chi connectivity index (χ2v) is 8.21. The van der Waals surface area contributed by atoms with Gasteiger partial charge in [0.2, 0.25) is 0 Å². The second-order valence-electron chi connectivity index (χ2n) is 6.69. The fourth-order valence-electron chi connectivity index (χ4n) is 3.07. The van der Waals surface area contributed by atoms with Crippen molar-refractivity contribution in [3.63, 3.8) is 0 Å². The Hall–Kier alpha value is -2.44. The Bertz CT molecular complexity index is 959. The van der Waals surface area contributed by atoms with Crippen LogP contribution in [0.15, 0.2) is 53.9 Å². The van der Waals surface area contributed by atoms with Crippen molar-refractivity contribution in [2.75, 3.05) is 10.8 Å². The molecule has 3 rings (SSSR count). The van der Waals surface area contributed by atoms with Crippen LogP contribution in [0.3, 0.4) is 0 Å². The fraction of sp³-hybridized carbons (Fsp3) is 0.227. The highest BCUT2D eigenvalue weighted by Crippen LogP contribution is 2.34. The van der Waals surface area contributed by atoms with Gasteiger partial charge in [0.1, 0.15) is 11.9 Å². The number of anilines is 1. The number of thiophene rings is 1. The van der Waals surface area contributed by atoms with Gasteiger partial charge in [0.25, 0.3) is 0 Å². The van der Waals surface area contributed by atoms with Crippen LogP contribution in [0.25, 0.3) is 11.1 Å². The van der Waals surface area contributed by atoms with Crippen molar-refractivity contribution in [1.82, 2.24) is 0 Å². The minimum atomic E-state index is -0.337. The minimum absolute atomic E-state index is 0.145. The molecule has 3 aromatic rings. The van der Waals surface area contributed by atoms with Crippen molar-refractivity contribution >= 4 is 34.8 Å². The number of thiol groups is 1. The molecule has 0 aliphatic carbocycles. The Balaban J connectivity index is 1.62. The van der Waals surface area contributed by atoms with E-state index in [4.69, 9.17) is 4.74 Å². The van der Waals surface area contributed by atoms with Gasteiger partial charge >= 0.3 is 5.97 Å². The number of hydrogen-bond acceptors (Lipinski definition) is 4. The summed E-state index contributed by atoms with van der Waals surface area (Å²) in [5.74, 6) is -0.337. The number of nitrogens with zero attached hydrogens (tertiary/aromatic N) is 1. The molecule has 0 fully saturated rings. The average Bonchev–Trinajstić information content (AvgIpc) is 3.11. The Morgan fingerprint density at radius 1 is 1.07 bits per heavy atom. The molecule has 4 nitrogen and oxygen atoms in total. The lowest BCUT2D eigenvalue weighted by molar-refractivity contribution is -0.133. The zero-order chi connectivity index (χ0) is 20.1. The van der Waals surface area contributed by atoms with Crippen LogP contribution in [0.5, 0.6) is 5.06 Å². The molecule has 6 heteroatoms. The number of rotatable bonds is 7. The molecule has 0 radical (unpaired) electrons. The summed E-state index contributed by atoms with van der Waals surface area (Å²) in [4.78, 5) is 12.3. The van der Waals surface area contributed by atoms with Crippen molar-refractivity contribution in [3.05, 3.63) is 70.6 Å². The summed E-state index contributed by atoms with van der Waals surface area (Å²) in [5, 5.41) is 2.58. The maximum absolute atomic E-state index is 12.3. The minimum Gasteiger partial charge on any atom is -0.415 e. The summed E-state index contributed by atoms with van der Waals surface area (Å²) in [7, 11) is 0. The van der Waals surface area contributed by atoms with E-state index in [0.29, 0.717) is 11.6 Å². The van der Waals surface area contributed by atoms with Crippen molar-refractivity contribution in [2.45, 2.75) is 27.2 Å². The van der Waals surface area contributed by atoms with Gasteiger partial charge < -0.3 is 4.74 Å². The fourth-order valence-corrected chi connectivity index (χ4v) is 4.24. The lowest BCUT2D eigenvalue weighted by Gasteiger charge is -2.16. The SMILES string of the molecule is Cc1ccc(N(CCC(=O)Oc2cc(-c3c(C)cccc3C)cs2)[SH]=O)cc1. The van der Waals surface area contributed by atoms with Gasteiger partial charge in [0, 0.05) is 23.7 Å². The van der Waals surface area contributed by atoms with Crippen LogP contribution >= 0.6 is 11.3 Å². The largest absolute Gasteiger partial charge is 0.415 e. The number of carbonyl (C=O) groups excluding carboxylic acids is 1. The number of ether oxygens (including phenoxy) is 1. The first-order valence-corrected chi connectivity index (χ1v) is 10.7. The van der Waals surface area contributed by atoms with E-state index in [9.17, 15) is 9.00 Å². The highest BCUT2D eigenvalue weighted by molar-refractivity contribution is 7.67. The third kappa shape index (κ3) is 4.88. The van der Waals surface area contributed by atoms with Gasteiger partial charge in [-0.15, -0.1) is 11.3 Å². The van der Waals surface area contributed by atoms with Crippen LogP contribution in [-0.2, 0) is 16.6 Å². The average molecular weight is 414 g/mol. The van der Waals surface area contributed by atoms with Gasteiger partial charge in [0.15, 0.2) is 5.06 Å². The van der Waals surface area contributed by atoms with E-state index in [0.717, 1.165) is 16.8 Å². The second kappa shape index (κ2) is 9.17. The van der Waals surface area contributed by atoms with E-state index in [2.05, 4.69) is 26.0 Å². The molecular weight excluding hydrogens is 390 g/mol. The van der Waals surface area contributed by atoms with Crippen molar-refractivity contribution in [2.24, 2.45) is 0 Å². The Labute approximate surface area is 173 Å². The van der Waals surface area contributed by atoms with Crippen molar-refractivity contribution in [3.8, 4) is 16.2 Å². The van der Waals surface area contributed by atoms with Gasteiger partial charge in [-0.2, -0.15) is 0 Å². The molecule has 0 atom stereocenters. The number of aryl methyl sites for hydroxylation is 3. The summed E-state index contributed by atoms with van der Waals surface area (Å²) in [5.41, 5.74) is 6.56. The molecule has 146 valence electrons. The van der Waals surface area contributed by atoms with E-state index >= 15 is 0 Å². The maximum atomic E-state index is 12.3. The molecule has 0 spiro atoms. The molecule has 0 saturated heterocycles. The van der Waals surface area contributed by atoms with E-state index in [-0.39, 0.29) is 24.2 Å². The van der Waals surface area contributed by atoms with Crippen molar-refractivity contribution < 1.29 is 13.7 Å². The smallest absolute Gasteiger partial charge is 0.313 e. The number of hydrogen-bond donors (Lipinski definition) is 1. The molecule has 0 saturated carbocycles. The molecule has 1 aromatic heterocycles. The van der Waals surface area contributed by atoms with Gasteiger partial charge in [-0.1, -0.05) is 35.9 Å². The van der Waals surface area contributed by atoms with Crippen LogP contribution in [0, 0.1) is 20.8 Å². The topological polar surface area (TPSA) is 46.6 Å². The van der Waals surface area contributed by atoms with Gasteiger partial charge in [-0.25, -0.2) is 4.21 Å². The molecule has 2 aromatic carbocycles. The lowest BCUT2D eigenvalue weighted by Crippen LogP contribution is -2.23. The van der Waals surface area contributed by atoms with Crippen LogP contribution in [-0.4, -0.2) is 16.7 Å². The van der Waals surface area contributed by atoms with E-state index in [1.54, 1.807) is 4.31 Å². The summed E-state index contributed by atoms with van der Waals surface area (Å²) in [6.45, 7) is 6.47. The monoisotopic (exact) mass is 413 g/mol. The predicted octanol–water partition coefficient (Wildman–Crippen LogP) is 5.00. The first kappa shape index (κ1) is 20.3. The van der Waals surface area contributed by atoms with Crippen LogP contribution in [0.4, 0.5) is 5.69 Å². The molecular formula is C22H23NO3S2. The predicted molar refractivity (Wildman–Crippen MR) is 118 cm³/mol. The molecule has 0 aliphatic heterocycles. The number of benzene rings is 2. The normalized spacial score (nSPS) is 10.7. The van der Waals surface area contributed by atoms with Crippen molar-refractivity contribution in [1.29, 1.82) is 0 Å². The van der Waals surface area contributed by atoms with Crippen LogP contribution < -0.4 is 9.04 Å². The quantitative estimate of drug-likeness (QED) is 0.438. The van der Waals surface area contributed by atoms with E-state index in [1.165, 1.54) is 28.0 Å². The zero-order valence-electron chi connectivity index (χ0n) is 16.1. The summed E-state index contributed by atoms with van der Waals surface area (Å²) >= 11 is 1.26. The Kier molecular flexibility index (Phi) is 6.65. The van der Waals surface area contributed by atoms with Gasteiger partial charge in [-0.3, -0.25) is 9.10 Å². The summed E-state index contributed by atoms with van der Waals surface area (Å²) in [6.07, 6.45) is 0.153. The van der Waals surface area contributed by atoms with Crippen LogP contribution in [0.2, 0.25) is 0 Å². The first-order valence-electron chi connectivity index (χ1n) is 9.01. The highest BCUT2D eigenvalue weighted by atomic mass is 32.2. The Morgan fingerprint density at radius 3 is 2.39 bits per heavy atom. The van der Waals surface area contributed by atoms with E-state index in [1.807, 2.05) is 48.7 Å². The standard InChI is InChI=1S/C22H23NO3S2/c1-15-7-9-19(10-8-15)23(28-25)12-11-20(24)26-21-13-18(14-27-21)22-16(2)5-4-6-17(22)3/h4-10,13-14,28H,11-12H2,1-3H3. The summed E-state index contributed by atoms with van der Waals surface area (Å²) in [6, 6.07) is 15.8. The zero-order valence-corrected chi connectivity index (χ0v) is 17.8. The molecule has 0 unspecified atom stereocenters. The molecule has 0 amide bonds. The Morgan fingerprint density at radius 2 is 1.75 bits per heavy atom. The third-order valence-corrected chi connectivity index (χ3v) is 5.95. The summed E-state index contributed by atoms with van der Waals surface area (Å²) < 4.78 is 18.6. The molecule has 0 N–H and O–H groups in total. The molecule has 28 heavy (non-hydrogen) atoms. The van der Waals surface area contributed by atoms with Gasteiger partial charge in [0.05, 0.1) is 6.42 Å². The highest BCUT2D eigenvalue weighted by Gasteiger charge is 2.13. The molecule has 1 heterocycles. The lowest BCUT2D eigenvalue weighted by atomic mass is 9.98. The molecule has 0 bridgehead atoms. The number of esters is 1. The first-order chi connectivity index (χ1) is 13.5. The maximum Gasteiger partial charge on any atom is 0.313 e. The third-order valence-electron chi connectivity index (χ3n) is 4.52. The van der Waals surface area contributed by atoms with E-state index < -0.39 is 0 Å². The molecule has 0 aliphatic rings. The number of carbonyl (C=O) groups is 1. The van der Waals surface area contributed by atoms with Gasteiger partial charge in [-0.05, 0) is 55.2 Å². The van der Waals surface area contributed by atoms with Crippen LogP contribution in [0.1, 0.15) is 23.1 Å².